The molecule has 0 radical (unpaired) electrons. The van der Waals surface area contributed by atoms with Crippen molar-refractivity contribution in [2.45, 2.75) is 39.2 Å². The molecule has 0 bridgehead atoms. The van der Waals surface area contributed by atoms with Crippen molar-refractivity contribution in [1.29, 1.82) is 0 Å². The van der Waals surface area contributed by atoms with E-state index in [9.17, 15) is 4.79 Å². The maximum atomic E-state index is 10.7. The lowest BCUT2D eigenvalue weighted by Gasteiger charge is -2.19. The number of aromatic nitrogens is 3. The predicted molar refractivity (Wildman–Crippen MR) is 82.0 cm³/mol. The number of benzene rings is 1. The predicted octanol–water partition coefficient (Wildman–Crippen LogP) is 2.28. The quantitative estimate of drug-likeness (QED) is 0.886. The summed E-state index contributed by atoms with van der Waals surface area (Å²) in [5, 5.41) is 16.4. The van der Waals surface area contributed by atoms with E-state index in [-0.39, 0.29) is 11.8 Å². The third kappa shape index (κ3) is 4.31. The highest BCUT2D eigenvalue weighted by atomic mass is 16.5. The topological polar surface area (TPSA) is 77.2 Å². The molecule has 6 nitrogen and oxygen atoms in total. The second-order valence-corrected chi connectivity index (χ2v) is 6.14. The van der Waals surface area contributed by atoms with Gasteiger partial charge in [0.25, 0.3) is 0 Å². The summed E-state index contributed by atoms with van der Waals surface area (Å²) in [5.41, 5.74) is 1.93. The summed E-state index contributed by atoms with van der Waals surface area (Å²) in [5.74, 6) is -0.116. The molecule has 2 rings (SSSR count). The van der Waals surface area contributed by atoms with Gasteiger partial charge in [0.2, 0.25) is 0 Å². The number of hydrogen-bond donors (Lipinski definition) is 1. The zero-order valence-electron chi connectivity index (χ0n) is 13.1. The van der Waals surface area contributed by atoms with Gasteiger partial charge in [-0.25, -0.2) is 4.68 Å². The van der Waals surface area contributed by atoms with Gasteiger partial charge in [-0.3, -0.25) is 4.79 Å². The highest BCUT2D eigenvalue weighted by Crippen LogP contribution is 2.24. The summed E-state index contributed by atoms with van der Waals surface area (Å²) in [6.07, 6.45) is 1.37. The largest absolute Gasteiger partial charge is 0.492 e. The van der Waals surface area contributed by atoms with Crippen LogP contribution in [0.4, 0.5) is 0 Å². The Hall–Kier alpha value is -2.37. The lowest BCUT2D eigenvalue weighted by molar-refractivity contribution is -0.136. The summed E-state index contributed by atoms with van der Waals surface area (Å²) in [6, 6.07) is 8.00. The molecule has 0 aliphatic rings. The van der Waals surface area contributed by atoms with Gasteiger partial charge in [0.1, 0.15) is 12.4 Å². The molecule has 118 valence electrons. The standard InChI is InChI=1S/C16H21N3O3/c1-16(2,3)12-4-6-14(7-5-12)22-9-8-19-13(10-15(20)21)11-17-18-19/h4-7,11H,8-10H2,1-3H3,(H,20,21). The van der Waals surface area contributed by atoms with E-state index in [2.05, 4.69) is 43.2 Å². The molecule has 0 aliphatic heterocycles. The van der Waals surface area contributed by atoms with Crippen LogP contribution in [0.25, 0.3) is 0 Å². The first-order chi connectivity index (χ1) is 10.4. The molecule has 22 heavy (non-hydrogen) atoms. The Labute approximate surface area is 129 Å². The van der Waals surface area contributed by atoms with Crippen molar-refractivity contribution >= 4 is 5.97 Å². The van der Waals surface area contributed by atoms with E-state index < -0.39 is 5.97 Å². The van der Waals surface area contributed by atoms with Crippen molar-refractivity contribution in [3.05, 3.63) is 41.7 Å². The van der Waals surface area contributed by atoms with Crippen molar-refractivity contribution in [2.75, 3.05) is 6.61 Å². The summed E-state index contributed by atoms with van der Waals surface area (Å²) in [6.45, 7) is 7.36. The van der Waals surface area contributed by atoms with Crippen LogP contribution in [0, 0.1) is 0 Å². The van der Waals surface area contributed by atoms with Gasteiger partial charge in [-0.2, -0.15) is 0 Å². The molecule has 0 unspecified atom stereocenters. The van der Waals surface area contributed by atoms with Crippen LogP contribution in [0.1, 0.15) is 32.0 Å². The van der Waals surface area contributed by atoms with Crippen LogP contribution in [0.3, 0.4) is 0 Å². The Morgan fingerprint density at radius 1 is 1.27 bits per heavy atom. The van der Waals surface area contributed by atoms with Crippen LogP contribution in [0.2, 0.25) is 0 Å². The monoisotopic (exact) mass is 303 g/mol. The molecule has 1 aromatic heterocycles. The molecule has 2 aromatic rings. The number of hydrogen-bond acceptors (Lipinski definition) is 4. The fraction of sp³-hybridized carbons (Fsp3) is 0.438. The third-order valence-corrected chi connectivity index (χ3v) is 3.32. The van der Waals surface area contributed by atoms with Gasteiger partial charge in [-0.1, -0.05) is 38.1 Å². The summed E-state index contributed by atoms with van der Waals surface area (Å²) < 4.78 is 7.22. The fourth-order valence-electron chi connectivity index (χ4n) is 2.06. The number of carbonyl (C=O) groups is 1. The minimum atomic E-state index is -0.901. The van der Waals surface area contributed by atoms with E-state index in [1.807, 2.05) is 12.1 Å². The Kier molecular flexibility index (Phi) is 4.80. The van der Waals surface area contributed by atoms with E-state index in [1.165, 1.54) is 11.8 Å². The second kappa shape index (κ2) is 6.60. The molecule has 1 heterocycles. The number of ether oxygens (including phenoxy) is 1. The maximum Gasteiger partial charge on any atom is 0.309 e. The Morgan fingerprint density at radius 3 is 2.55 bits per heavy atom. The maximum absolute atomic E-state index is 10.7. The first-order valence-corrected chi connectivity index (χ1v) is 7.19. The van der Waals surface area contributed by atoms with E-state index in [0.717, 1.165) is 5.75 Å². The number of rotatable bonds is 6. The fourth-order valence-corrected chi connectivity index (χ4v) is 2.06. The number of nitrogens with zero attached hydrogens (tertiary/aromatic N) is 3. The third-order valence-electron chi connectivity index (χ3n) is 3.32. The lowest BCUT2D eigenvalue weighted by Crippen LogP contribution is -2.15. The van der Waals surface area contributed by atoms with Gasteiger partial charge in [0, 0.05) is 0 Å². The Bertz CT molecular complexity index is 627. The summed E-state index contributed by atoms with van der Waals surface area (Å²) >= 11 is 0. The highest BCUT2D eigenvalue weighted by molar-refractivity contribution is 5.69. The molecule has 0 aliphatic carbocycles. The minimum Gasteiger partial charge on any atom is -0.492 e. The van der Waals surface area contributed by atoms with E-state index in [1.54, 1.807) is 4.68 Å². The normalized spacial score (nSPS) is 11.4. The smallest absolute Gasteiger partial charge is 0.309 e. The lowest BCUT2D eigenvalue weighted by atomic mass is 9.87. The molecule has 0 saturated carbocycles. The number of carboxylic acid groups (broad SMARTS) is 1. The second-order valence-electron chi connectivity index (χ2n) is 6.14. The molecular formula is C16H21N3O3. The zero-order valence-corrected chi connectivity index (χ0v) is 13.1. The zero-order chi connectivity index (χ0) is 16.2. The first kappa shape index (κ1) is 16.0. The first-order valence-electron chi connectivity index (χ1n) is 7.19. The van der Waals surface area contributed by atoms with Crippen LogP contribution in [0.15, 0.2) is 30.5 Å². The van der Waals surface area contributed by atoms with Gasteiger partial charge in [0.15, 0.2) is 0 Å². The van der Waals surface area contributed by atoms with E-state index >= 15 is 0 Å². The molecule has 0 atom stereocenters. The van der Waals surface area contributed by atoms with Crippen LogP contribution in [-0.4, -0.2) is 32.7 Å². The van der Waals surface area contributed by atoms with Gasteiger partial charge in [-0.15, -0.1) is 5.10 Å². The van der Waals surface area contributed by atoms with Gasteiger partial charge in [-0.05, 0) is 23.1 Å². The molecule has 1 N–H and O–H groups in total. The van der Waals surface area contributed by atoms with Gasteiger partial charge >= 0.3 is 5.97 Å². The summed E-state index contributed by atoms with van der Waals surface area (Å²) in [4.78, 5) is 10.7. The van der Waals surface area contributed by atoms with Crippen molar-refractivity contribution in [2.24, 2.45) is 0 Å². The van der Waals surface area contributed by atoms with Crippen molar-refractivity contribution < 1.29 is 14.6 Å². The minimum absolute atomic E-state index is 0.0900. The molecule has 1 aromatic carbocycles. The highest BCUT2D eigenvalue weighted by Gasteiger charge is 2.13. The molecule has 0 fully saturated rings. The molecule has 0 saturated heterocycles. The van der Waals surface area contributed by atoms with E-state index in [4.69, 9.17) is 9.84 Å². The summed E-state index contributed by atoms with van der Waals surface area (Å²) in [7, 11) is 0. The Balaban J connectivity index is 1.89. The van der Waals surface area contributed by atoms with Crippen LogP contribution in [0.5, 0.6) is 5.75 Å². The van der Waals surface area contributed by atoms with Gasteiger partial charge < -0.3 is 9.84 Å². The van der Waals surface area contributed by atoms with Crippen LogP contribution < -0.4 is 4.74 Å². The Morgan fingerprint density at radius 2 is 1.95 bits per heavy atom. The number of carboxylic acids is 1. The van der Waals surface area contributed by atoms with E-state index in [0.29, 0.717) is 18.8 Å². The van der Waals surface area contributed by atoms with Crippen molar-refractivity contribution in [3.63, 3.8) is 0 Å². The molecular weight excluding hydrogens is 282 g/mol. The average Bonchev–Trinajstić information content (AvgIpc) is 2.85. The SMILES string of the molecule is CC(C)(C)c1ccc(OCCn2nncc2CC(=O)O)cc1. The average molecular weight is 303 g/mol. The number of aliphatic carboxylic acids is 1. The van der Waals surface area contributed by atoms with Crippen molar-refractivity contribution in [3.8, 4) is 5.75 Å². The van der Waals surface area contributed by atoms with Crippen molar-refractivity contribution in [1.82, 2.24) is 15.0 Å². The molecule has 0 amide bonds. The van der Waals surface area contributed by atoms with Gasteiger partial charge in [0.05, 0.1) is 24.9 Å². The molecule has 6 heteroatoms. The molecule has 0 spiro atoms. The van der Waals surface area contributed by atoms with Crippen LogP contribution >= 0.6 is 0 Å². The van der Waals surface area contributed by atoms with Crippen LogP contribution in [-0.2, 0) is 23.2 Å².